The van der Waals surface area contributed by atoms with E-state index in [4.69, 9.17) is 19.1 Å². The van der Waals surface area contributed by atoms with Crippen LogP contribution in [0, 0.1) is 0 Å². The van der Waals surface area contributed by atoms with Gasteiger partial charge in [0.05, 0.1) is 13.7 Å². The van der Waals surface area contributed by atoms with E-state index in [9.17, 15) is 4.79 Å². The number of carbonyl (C=O) groups is 1. The topological polar surface area (TPSA) is 81.8 Å². The Kier molecular flexibility index (Phi) is 2.63. The molecule has 98 valence electrons. The third-order valence-electron chi connectivity index (χ3n) is 3.01. The molecule has 0 saturated carbocycles. The van der Waals surface area contributed by atoms with Crippen molar-refractivity contribution in [2.45, 2.75) is 6.42 Å². The smallest absolute Gasteiger partial charge is 0.374 e. The third-order valence-corrected chi connectivity index (χ3v) is 3.01. The summed E-state index contributed by atoms with van der Waals surface area (Å²) in [6, 6.07) is 5.04. The average molecular weight is 261 g/mol. The van der Waals surface area contributed by atoms with Crippen LogP contribution >= 0.6 is 0 Å². The molecule has 0 spiro atoms. The van der Waals surface area contributed by atoms with E-state index < -0.39 is 5.97 Å². The number of carboxylic acids is 1. The zero-order chi connectivity index (χ0) is 13.4. The second-order valence-corrected chi connectivity index (χ2v) is 4.14. The van der Waals surface area contributed by atoms with Gasteiger partial charge >= 0.3 is 5.97 Å². The summed E-state index contributed by atoms with van der Waals surface area (Å²) < 4.78 is 15.5. The summed E-state index contributed by atoms with van der Waals surface area (Å²) in [5.74, 6) is 0.0266. The molecule has 2 heterocycles. The first-order chi connectivity index (χ1) is 9.19. The van der Waals surface area contributed by atoms with Crippen molar-refractivity contribution >= 4 is 5.97 Å². The molecular weight excluding hydrogens is 250 g/mol. The number of rotatable bonds is 3. The zero-order valence-corrected chi connectivity index (χ0v) is 10.2. The SMILES string of the molecule is COc1cc2c(cc1-c1cc(C(=O)O)on1)OCC2. The molecule has 6 nitrogen and oxygen atoms in total. The molecule has 0 amide bonds. The van der Waals surface area contributed by atoms with Gasteiger partial charge in [0.15, 0.2) is 0 Å². The molecule has 0 unspecified atom stereocenters. The van der Waals surface area contributed by atoms with E-state index in [0.717, 1.165) is 17.7 Å². The van der Waals surface area contributed by atoms with Crippen molar-refractivity contribution in [2.75, 3.05) is 13.7 Å². The second-order valence-electron chi connectivity index (χ2n) is 4.14. The van der Waals surface area contributed by atoms with Gasteiger partial charge in [-0.05, 0) is 12.1 Å². The maximum Gasteiger partial charge on any atom is 0.374 e. The van der Waals surface area contributed by atoms with Gasteiger partial charge < -0.3 is 19.1 Å². The van der Waals surface area contributed by atoms with E-state index in [0.29, 0.717) is 23.6 Å². The largest absolute Gasteiger partial charge is 0.496 e. The molecule has 0 fully saturated rings. The fourth-order valence-electron chi connectivity index (χ4n) is 2.07. The summed E-state index contributed by atoms with van der Waals surface area (Å²) in [4.78, 5) is 10.8. The van der Waals surface area contributed by atoms with Crippen molar-refractivity contribution in [2.24, 2.45) is 0 Å². The lowest BCUT2D eigenvalue weighted by molar-refractivity contribution is 0.0652. The van der Waals surface area contributed by atoms with E-state index in [1.165, 1.54) is 6.07 Å². The maximum absolute atomic E-state index is 10.8. The van der Waals surface area contributed by atoms with E-state index in [1.807, 2.05) is 6.07 Å². The van der Waals surface area contributed by atoms with Crippen molar-refractivity contribution in [1.82, 2.24) is 5.16 Å². The summed E-state index contributed by atoms with van der Waals surface area (Å²) in [6.45, 7) is 0.640. The fourth-order valence-corrected chi connectivity index (χ4v) is 2.07. The molecule has 0 saturated heterocycles. The van der Waals surface area contributed by atoms with E-state index in [2.05, 4.69) is 5.16 Å². The van der Waals surface area contributed by atoms with E-state index in [1.54, 1.807) is 13.2 Å². The molecule has 0 atom stereocenters. The predicted molar refractivity (Wildman–Crippen MR) is 64.6 cm³/mol. The lowest BCUT2D eigenvalue weighted by Crippen LogP contribution is -1.92. The van der Waals surface area contributed by atoms with Crippen LogP contribution in [0.25, 0.3) is 11.3 Å². The molecule has 1 aliphatic rings. The lowest BCUT2D eigenvalue weighted by Gasteiger charge is -2.08. The number of ether oxygens (including phenoxy) is 2. The monoisotopic (exact) mass is 261 g/mol. The van der Waals surface area contributed by atoms with Gasteiger partial charge in [-0.1, -0.05) is 5.16 Å². The molecule has 19 heavy (non-hydrogen) atoms. The lowest BCUT2D eigenvalue weighted by atomic mass is 10.1. The number of aromatic carboxylic acids is 1. The Hall–Kier alpha value is -2.50. The van der Waals surface area contributed by atoms with Gasteiger partial charge in [-0.3, -0.25) is 0 Å². The van der Waals surface area contributed by atoms with Crippen LogP contribution in [-0.2, 0) is 6.42 Å². The maximum atomic E-state index is 10.8. The third kappa shape index (κ3) is 1.91. The molecule has 3 rings (SSSR count). The van der Waals surface area contributed by atoms with Crippen LogP contribution < -0.4 is 9.47 Å². The normalized spacial score (nSPS) is 12.9. The molecular formula is C13H11NO5. The number of carboxylic acid groups (broad SMARTS) is 1. The molecule has 6 heteroatoms. The second kappa shape index (κ2) is 4.31. The first-order valence-electron chi connectivity index (χ1n) is 5.73. The molecule has 0 bridgehead atoms. The molecule has 1 aromatic heterocycles. The van der Waals surface area contributed by atoms with Crippen molar-refractivity contribution in [3.8, 4) is 22.8 Å². The predicted octanol–water partition coefficient (Wildman–Crippen LogP) is 1.98. The van der Waals surface area contributed by atoms with Gasteiger partial charge in [0, 0.05) is 23.6 Å². The Morgan fingerprint density at radius 3 is 2.95 bits per heavy atom. The number of hydrogen-bond donors (Lipinski definition) is 1. The molecule has 2 aromatic rings. The first kappa shape index (κ1) is 11.6. The Balaban J connectivity index is 2.10. The highest BCUT2D eigenvalue weighted by atomic mass is 16.5. The molecule has 1 aromatic carbocycles. The average Bonchev–Trinajstić information content (AvgIpc) is 3.05. The van der Waals surface area contributed by atoms with Gasteiger partial charge in [0.25, 0.3) is 0 Å². The number of benzene rings is 1. The number of hydrogen-bond acceptors (Lipinski definition) is 5. The standard InChI is InChI=1S/C13H11NO5/c1-17-11-4-7-2-3-18-10(7)5-8(11)9-6-12(13(15)16)19-14-9/h4-6H,2-3H2,1H3,(H,15,16). The van der Waals surface area contributed by atoms with Crippen molar-refractivity contribution < 1.29 is 23.9 Å². The highest BCUT2D eigenvalue weighted by molar-refractivity contribution is 5.86. The minimum absolute atomic E-state index is 0.210. The van der Waals surface area contributed by atoms with Gasteiger partial charge in [-0.15, -0.1) is 0 Å². The summed E-state index contributed by atoms with van der Waals surface area (Å²) in [5, 5.41) is 12.6. The number of methoxy groups -OCH3 is 1. The molecule has 1 N–H and O–H groups in total. The van der Waals surface area contributed by atoms with Gasteiger partial charge in [-0.2, -0.15) is 0 Å². The summed E-state index contributed by atoms with van der Waals surface area (Å²) in [6.07, 6.45) is 0.838. The van der Waals surface area contributed by atoms with Crippen molar-refractivity contribution in [3.63, 3.8) is 0 Å². The number of aromatic nitrogens is 1. The minimum Gasteiger partial charge on any atom is -0.496 e. The fraction of sp³-hybridized carbons (Fsp3) is 0.231. The van der Waals surface area contributed by atoms with Gasteiger partial charge in [0.1, 0.15) is 17.2 Å². The Bertz CT molecular complexity index is 646. The summed E-state index contributed by atoms with van der Waals surface area (Å²) in [7, 11) is 1.55. The van der Waals surface area contributed by atoms with Crippen molar-refractivity contribution in [3.05, 3.63) is 29.5 Å². The van der Waals surface area contributed by atoms with Crippen LogP contribution in [0.4, 0.5) is 0 Å². The Morgan fingerprint density at radius 2 is 2.26 bits per heavy atom. The number of fused-ring (bicyclic) bond motifs is 1. The van der Waals surface area contributed by atoms with Gasteiger partial charge in [-0.25, -0.2) is 4.79 Å². The van der Waals surface area contributed by atoms with Crippen LogP contribution in [0.2, 0.25) is 0 Å². The van der Waals surface area contributed by atoms with Crippen LogP contribution in [0.15, 0.2) is 22.7 Å². The van der Waals surface area contributed by atoms with E-state index in [-0.39, 0.29) is 5.76 Å². The summed E-state index contributed by atoms with van der Waals surface area (Å²) >= 11 is 0. The Labute approximate surface area is 108 Å². The highest BCUT2D eigenvalue weighted by Gasteiger charge is 2.20. The van der Waals surface area contributed by atoms with Crippen LogP contribution in [0.3, 0.4) is 0 Å². The highest BCUT2D eigenvalue weighted by Crippen LogP contribution is 2.38. The van der Waals surface area contributed by atoms with Crippen LogP contribution in [0.5, 0.6) is 11.5 Å². The minimum atomic E-state index is -1.16. The molecule has 0 aliphatic carbocycles. The molecule has 0 radical (unpaired) electrons. The quantitative estimate of drug-likeness (QED) is 0.909. The first-order valence-corrected chi connectivity index (χ1v) is 5.73. The van der Waals surface area contributed by atoms with Crippen LogP contribution in [-0.4, -0.2) is 29.9 Å². The Morgan fingerprint density at radius 1 is 1.42 bits per heavy atom. The number of nitrogens with zero attached hydrogens (tertiary/aromatic N) is 1. The van der Waals surface area contributed by atoms with Gasteiger partial charge in [0.2, 0.25) is 5.76 Å². The van der Waals surface area contributed by atoms with E-state index >= 15 is 0 Å². The van der Waals surface area contributed by atoms with Crippen molar-refractivity contribution in [1.29, 1.82) is 0 Å². The molecule has 1 aliphatic heterocycles. The van der Waals surface area contributed by atoms with Crippen LogP contribution in [0.1, 0.15) is 16.1 Å². The zero-order valence-electron chi connectivity index (χ0n) is 10.2. The summed E-state index contributed by atoms with van der Waals surface area (Å²) in [5.41, 5.74) is 2.13.